The van der Waals surface area contributed by atoms with Crippen molar-refractivity contribution in [3.63, 3.8) is 0 Å². The van der Waals surface area contributed by atoms with Crippen molar-refractivity contribution in [3.8, 4) is 11.5 Å². The fourth-order valence-corrected chi connectivity index (χ4v) is 2.22. The second-order valence-electron chi connectivity index (χ2n) is 5.72. The number of hydrogen-bond acceptors (Lipinski definition) is 4. The normalized spacial score (nSPS) is 13.1. The van der Waals surface area contributed by atoms with E-state index in [4.69, 9.17) is 0 Å². The Labute approximate surface area is 123 Å². The fraction of sp³-hybridized carbons (Fsp3) is 0.294. The molecule has 0 aliphatic carbocycles. The Kier molecular flexibility index (Phi) is 4.21. The first-order valence-corrected chi connectivity index (χ1v) is 6.79. The van der Waals surface area contributed by atoms with Crippen LogP contribution in [0.1, 0.15) is 36.6 Å². The van der Waals surface area contributed by atoms with Crippen molar-refractivity contribution in [1.29, 1.82) is 0 Å². The van der Waals surface area contributed by atoms with Gasteiger partial charge in [0.25, 0.3) is 0 Å². The molecule has 2 rings (SSSR count). The molecule has 4 nitrogen and oxygen atoms in total. The maximum atomic E-state index is 10.2. The van der Waals surface area contributed by atoms with Crippen molar-refractivity contribution >= 4 is 0 Å². The Hall–Kier alpha value is -2.04. The maximum absolute atomic E-state index is 10.2. The highest BCUT2D eigenvalue weighted by molar-refractivity contribution is 5.41. The quantitative estimate of drug-likeness (QED) is 0.652. The highest BCUT2D eigenvalue weighted by Gasteiger charge is 2.18. The second kappa shape index (κ2) is 5.76. The molecule has 0 fully saturated rings. The molecule has 2 aromatic carbocycles. The van der Waals surface area contributed by atoms with E-state index in [1.54, 1.807) is 13.8 Å². The molecule has 0 saturated heterocycles. The molecule has 0 amide bonds. The monoisotopic (exact) mass is 288 g/mol. The topological polar surface area (TPSA) is 80.9 Å². The van der Waals surface area contributed by atoms with E-state index >= 15 is 0 Å². The third kappa shape index (κ3) is 3.74. The van der Waals surface area contributed by atoms with Crippen molar-refractivity contribution < 1.29 is 20.4 Å². The number of aromatic hydroxyl groups is 2. The molecule has 0 bridgehead atoms. The van der Waals surface area contributed by atoms with E-state index in [1.165, 1.54) is 18.2 Å². The van der Waals surface area contributed by atoms with Crippen molar-refractivity contribution in [2.45, 2.75) is 32.0 Å². The van der Waals surface area contributed by atoms with E-state index in [1.807, 2.05) is 24.3 Å². The molecule has 0 aliphatic rings. The first kappa shape index (κ1) is 15.4. The lowest BCUT2D eigenvalue weighted by Gasteiger charge is -2.19. The van der Waals surface area contributed by atoms with Crippen molar-refractivity contribution in [2.75, 3.05) is 0 Å². The molecular weight excluding hydrogens is 268 g/mol. The summed E-state index contributed by atoms with van der Waals surface area (Å²) in [5.41, 5.74) is 0.926. The summed E-state index contributed by atoms with van der Waals surface area (Å²) in [4.78, 5) is 0. The van der Waals surface area contributed by atoms with Crippen LogP contribution < -0.4 is 0 Å². The molecule has 0 saturated carbocycles. The van der Waals surface area contributed by atoms with Crippen LogP contribution in [-0.2, 0) is 12.0 Å². The van der Waals surface area contributed by atoms with Crippen LogP contribution in [0.3, 0.4) is 0 Å². The molecule has 4 N–H and O–H groups in total. The van der Waals surface area contributed by atoms with E-state index < -0.39 is 11.7 Å². The average Bonchev–Trinajstić information content (AvgIpc) is 2.41. The molecule has 1 atom stereocenters. The Balaban J connectivity index is 2.23. The molecule has 112 valence electrons. The summed E-state index contributed by atoms with van der Waals surface area (Å²) in [6.07, 6.45) is -0.657. The largest absolute Gasteiger partial charge is 0.508 e. The number of rotatable bonds is 4. The fourth-order valence-electron chi connectivity index (χ4n) is 2.22. The highest BCUT2D eigenvalue weighted by Crippen LogP contribution is 2.30. The number of benzene rings is 2. The zero-order valence-corrected chi connectivity index (χ0v) is 12.1. The number of hydrogen-bond donors (Lipinski definition) is 4. The number of aliphatic hydroxyl groups excluding tert-OH is 1. The van der Waals surface area contributed by atoms with Gasteiger partial charge in [-0.25, -0.2) is 0 Å². The third-order valence-electron chi connectivity index (χ3n) is 3.43. The summed E-state index contributed by atoms with van der Waals surface area (Å²) in [6, 6.07) is 11.4. The lowest BCUT2D eigenvalue weighted by atomic mass is 9.93. The molecule has 2 aromatic rings. The summed E-state index contributed by atoms with van der Waals surface area (Å²) in [5, 5.41) is 39.5. The minimum atomic E-state index is -0.950. The van der Waals surface area contributed by atoms with Crippen LogP contribution in [0.15, 0.2) is 42.5 Å². The van der Waals surface area contributed by atoms with Gasteiger partial charge in [0.2, 0.25) is 0 Å². The molecule has 4 heteroatoms. The van der Waals surface area contributed by atoms with Gasteiger partial charge in [-0.1, -0.05) is 24.3 Å². The van der Waals surface area contributed by atoms with Crippen molar-refractivity contribution in [1.82, 2.24) is 0 Å². The van der Waals surface area contributed by atoms with Gasteiger partial charge in [-0.3, -0.25) is 0 Å². The van der Waals surface area contributed by atoms with Crippen LogP contribution in [0.4, 0.5) is 0 Å². The number of aliphatic hydroxyl groups is 2. The van der Waals surface area contributed by atoms with Gasteiger partial charge in [0.05, 0.1) is 11.7 Å². The Morgan fingerprint density at radius 2 is 1.76 bits per heavy atom. The third-order valence-corrected chi connectivity index (χ3v) is 3.43. The van der Waals surface area contributed by atoms with Crippen LogP contribution >= 0.6 is 0 Å². The zero-order chi connectivity index (χ0) is 15.6. The zero-order valence-electron chi connectivity index (χ0n) is 12.1. The molecule has 0 radical (unpaired) electrons. The predicted molar refractivity (Wildman–Crippen MR) is 80.1 cm³/mol. The smallest absolute Gasteiger partial charge is 0.121 e. The van der Waals surface area contributed by atoms with Crippen molar-refractivity contribution in [3.05, 3.63) is 59.2 Å². The number of phenolic OH excluding ortho intramolecular Hbond substituents is 2. The Bertz CT molecular complexity index is 629. The average molecular weight is 288 g/mol. The Morgan fingerprint density at radius 3 is 2.43 bits per heavy atom. The summed E-state index contributed by atoms with van der Waals surface area (Å²) in [7, 11) is 0. The lowest BCUT2D eigenvalue weighted by molar-refractivity contribution is 0.0784. The van der Waals surface area contributed by atoms with E-state index in [-0.39, 0.29) is 23.5 Å². The molecule has 0 aromatic heterocycles. The minimum absolute atomic E-state index is 0.00732. The number of phenols is 2. The SMILES string of the molecule is CC(C)(O)c1cccc(CC(O)c2cc(O)ccc2O)c1. The molecule has 0 heterocycles. The minimum Gasteiger partial charge on any atom is -0.508 e. The first-order valence-electron chi connectivity index (χ1n) is 6.79. The van der Waals surface area contributed by atoms with Crippen LogP contribution in [0.2, 0.25) is 0 Å². The van der Waals surface area contributed by atoms with Gasteiger partial charge < -0.3 is 20.4 Å². The van der Waals surface area contributed by atoms with Crippen molar-refractivity contribution in [2.24, 2.45) is 0 Å². The summed E-state index contributed by atoms with van der Waals surface area (Å²) in [6.45, 7) is 3.40. The van der Waals surface area contributed by atoms with Gasteiger partial charge in [0, 0.05) is 12.0 Å². The standard InChI is InChI=1S/C17H20O4/c1-17(2,21)12-5-3-4-11(8-12)9-16(20)14-10-13(18)6-7-15(14)19/h3-8,10,16,18-21H,9H2,1-2H3. The van der Waals surface area contributed by atoms with Gasteiger partial charge in [-0.15, -0.1) is 0 Å². The lowest BCUT2D eigenvalue weighted by Crippen LogP contribution is -2.15. The molecule has 1 unspecified atom stereocenters. The van der Waals surface area contributed by atoms with Gasteiger partial charge >= 0.3 is 0 Å². The summed E-state index contributed by atoms with van der Waals surface area (Å²) < 4.78 is 0. The van der Waals surface area contributed by atoms with E-state index in [9.17, 15) is 20.4 Å². The van der Waals surface area contributed by atoms with Crippen LogP contribution in [0, 0.1) is 0 Å². The molecule has 21 heavy (non-hydrogen) atoms. The summed E-state index contributed by atoms with van der Waals surface area (Å²) >= 11 is 0. The molecule has 0 aliphatic heterocycles. The van der Waals surface area contributed by atoms with Crippen LogP contribution in [-0.4, -0.2) is 20.4 Å². The van der Waals surface area contributed by atoms with Gasteiger partial charge in [-0.2, -0.15) is 0 Å². The van der Waals surface area contributed by atoms with Crippen LogP contribution in [0.25, 0.3) is 0 Å². The van der Waals surface area contributed by atoms with E-state index in [0.717, 1.165) is 11.1 Å². The maximum Gasteiger partial charge on any atom is 0.121 e. The summed E-state index contributed by atoms with van der Waals surface area (Å²) in [5.74, 6) is -0.0639. The predicted octanol–water partition coefficient (Wildman–Crippen LogP) is 2.60. The Morgan fingerprint density at radius 1 is 1.05 bits per heavy atom. The first-order chi connectivity index (χ1) is 9.77. The molecular formula is C17H20O4. The van der Waals surface area contributed by atoms with Gasteiger partial charge in [0.15, 0.2) is 0 Å². The van der Waals surface area contributed by atoms with Gasteiger partial charge in [-0.05, 0) is 43.2 Å². The highest BCUT2D eigenvalue weighted by atomic mass is 16.3. The van der Waals surface area contributed by atoms with Crippen LogP contribution in [0.5, 0.6) is 11.5 Å². The van der Waals surface area contributed by atoms with E-state index in [0.29, 0.717) is 0 Å². The molecule has 0 spiro atoms. The second-order valence-corrected chi connectivity index (χ2v) is 5.72. The van der Waals surface area contributed by atoms with E-state index in [2.05, 4.69) is 0 Å². The van der Waals surface area contributed by atoms with Gasteiger partial charge in [0.1, 0.15) is 11.5 Å².